The standard InChI is InChI=1S/C13H22N4O2/c1-3-4-10-5-7-13(8-6-10,12(18)19)9-11-14-16-17(2)15-11/h10H,3-9H2,1-2H3,(H,18,19). The van der Waals surface area contributed by atoms with E-state index in [1.54, 1.807) is 7.05 Å². The van der Waals surface area contributed by atoms with Crippen molar-refractivity contribution in [2.45, 2.75) is 51.9 Å². The largest absolute Gasteiger partial charge is 0.481 e. The number of aryl methyl sites for hydroxylation is 1. The lowest BCUT2D eigenvalue weighted by Gasteiger charge is -2.36. The summed E-state index contributed by atoms with van der Waals surface area (Å²) in [6.07, 6.45) is 6.24. The Morgan fingerprint density at radius 3 is 2.63 bits per heavy atom. The Labute approximate surface area is 113 Å². The molecule has 0 saturated heterocycles. The third-order valence-corrected chi connectivity index (χ3v) is 4.26. The smallest absolute Gasteiger partial charge is 0.310 e. The van der Waals surface area contributed by atoms with Crippen LogP contribution in [0.25, 0.3) is 0 Å². The topological polar surface area (TPSA) is 80.9 Å². The summed E-state index contributed by atoms with van der Waals surface area (Å²) in [6.45, 7) is 2.18. The second-order valence-electron chi connectivity index (χ2n) is 5.69. The predicted molar refractivity (Wildman–Crippen MR) is 69.4 cm³/mol. The van der Waals surface area contributed by atoms with E-state index in [4.69, 9.17) is 0 Å². The van der Waals surface area contributed by atoms with E-state index in [0.29, 0.717) is 18.2 Å². The van der Waals surface area contributed by atoms with Crippen LogP contribution in [0.3, 0.4) is 0 Å². The van der Waals surface area contributed by atoms with Crippen molar-refractivity contribution in [3.63, 3.8) is 0 Å². The van der Waals surface area contributed by atoms with Gasteiger partial charge in [-0.25, -0.2) is 0 Å². The van der Waals surface area contributed by atoms with E-state index in [1.165, 1.54) is 17.6 Å². The molecular weight excluding hydrogens is 244 g/mol. The Hall–Kier alpha value is -1.46. The lowest BCUT2D eigenvalue weighted by atomic mass is 9.67. The molecule has 0 aliphatic heterocycles. The maximum atomic E-state index is 11.7. The predicted octanol–water partition coefficient (Wildman–Crippen LogP) is 1.81. The van der Waals surface area contributed by atoms with Crippen LogP contribution in [0.2, 0.25) is 0 Å². The highest BCUT2D eigenvalue weighted by molar-refractivity contribution is 5.75. The molecule has 6 heteroatoms. The zero-order chi connectivity index (χ0) is 13.9. The number of aliphatic carboxylic acids is 1. The van der Waals surface area contributed by atoms with Gasteiger partial charge in [-0.3, -0.25) is 4.79 Å². The van der Waals surface area contributed by atoms with Crippen LogP contribution in [-0.2, 0) is 18.3 Å². The lowest BCUT2D eigenvalue weighted by molar-refractivity contribution is -0.151. The van der Waals surface area contributed by atoms with Gasteiger partial charge in [0.1, 0.15) is 0 Å². The summed E-state index contributed by atoms with van der Waals surface area (Å²) in [5, 5.41) is 21.4. The van der Waals surface area contributed by atoms with E-state index in [1.807, 2.05) is 0 Å². The van der Waals surface area contributed by atoms with E-state index in [0.717, 1.165) is 25.7 Å². The molecule has 0 amide bonds. The molecule has 1 aliphatic carbocycles. The van der Waals surface area contributed by atoms with E-state index in [-0.39, 0.29) is 0 Å². The third kappa shape index (κ3) is 3.11. The molecular formula is C13H22N4O2. The Morgan fingerprint density at radius 1 is 1.47 bits per heavy atom. The summed E-state index contributed by atoms with van der Waals surface area (Å²) in [5.41, 5.74) is -0.687. The lowest BCUT2D eigenvalue weighted by Crippen LogP contribution is -2.37. The van der Waals surface area contributed by atoms with E-state index >= 15 is 0 Å². The molecule has 106 valence electrons. The number of rotatable bonds is 5. The first-order chi connectivity index (χ1) is 9.05. The van der Waals surface area contributed by atoms with Gasteiger partial charge < -0.3 is 5.11 Å². The molecule has 1 aliphatic rings. The van der Waals surface area contributed by atoms with Crippen molar-refractivity contribution in [1.82, 2.24) is 20.2 Å². The first-order valence-corrected chi connectivity index (χ1v) is 7.02. The van der Waals surface area contributed by atoms with Gasteiger partial charge in [-0.2, -0.15) is 4.80 Å². The average molecular weight is 266 g/mol. The molecule has 1 saturated carbocycles. The molecule has 0 bridgehead atoms. The number of aromatic nitrogens is 4. The SMILES string of the molecule is CCCC1CCC(Cc2nnn(C)n2)(C(=O)O)CC1. The fraction of sp³-hybridized carbons (Fsp3) is 0.846. The van der Waals surface area contributed by atoms with E-state index in [9.17, 15) is 9.90 Å². The minimum Gasteiger partial charge on any atom is -0.481 e. The fourth-order valence-corrected chi connectivity index (χ4v) is 3.09. The van der Waals surface area contributed by atoms with Crippen molar-refractivity contribution < 1.29 is 9.90 Å². The zero-order valence-corrected chi connectivity index (χ0v) is 11.7. The van der Waals surface area contributed by atoms with Crippen molar-refractivity contribution in [3.8, 4) is 0 Å². The average Bonchev–Trinajstić information content (AvgIpc) is 2.77. The molecule has 0 spiro atoms. The van der Waals surface area contributed by atoms with Crippen LogP contribution in [0.1, 0.15) is 51.3 Å². The molecule has 1 N–H and O–H groups in total. The third-order valence-electron chi connectivity index (χ3n) is 4.26. The molecule has 6 nitrogen and oxygen atoms in total. The number of tetrazole rings is 1. The summed E-state index contributed by atoms with van der Waals surface area (Å²) in [6, 6.07) is 0. The Morgan fingerprint density at radius 2 is 2.16 bits per heavy atom. The molecule has 0 aromatic carbocycles. The number of carboxylic acid groups (broad SMARTS) is 1. The summed E-state index contributed by atoms with van der Waals surface area (Å²) in [7, 11) is 1.70. The summed E-state index contributed by atoms with van der Waals surface area (Å²) < 4.78 is 0. The first-order valence-electron chi connectivity index (χ1n) is 7.02. The van der Waals surface area contributed by atoms with Crippen LogP contribution in [0, 0.1) is 11.3 Å². The molecule has 1 heterocycles. The van der Waals surface area contributed by atoms with Crippen LogP contribution in [-0.4, -0.2) is 31.3 Å². The molecule has 0 radical (unpaired) electrons. The Balaban J connectivity index is 2.06. The van der Waals surface area contributed by atoms with Gasteiger partial charge in [-0.05, 0) is 36.8 Å². The minimum atomic E-state index is -0.713. The molecule has 2 rings (SSSR count). The highest BCUT2D eigenvalue weighted by atomic mass is 16.4. The number of nitrogens with zero attached hydrogens (tertiary/aromatic N) is 4. The minimum absolute atomic E-state index is 0.398. The van der Waals surface area contributed by atoms with Crippen LogP contribution < -0.4 is 0 Å². The fourth-order valence-electron chi connectivity index (χ4n) is 3.09. The summed E-state index contributed by atoms with van der Waals surface area (Å²) in [5.74, 6) is 0.515. The van der Waals surface area contributed by atoms with Crippen LogP contribution in [0.4, 0.5) is 0 Å². The number of carboxylic acids is 1. The van der Waals surface area contributed by atoms with Gasteiger partial charge in [0.25, 0.3) is 0 Å². The van der Waals surface area contributed by atoms with Gasteiger partial charge in [0.15, 0.2) is 5.82 Å². The van der Waals surface area contributed by atoms with Crippen molar-refractivity contribution in [3.05, 3.63) is 5.82 Å². The highest BCUT2D eigenvalue weighted by Gasteiger charge is 2.42. The van der Waals surface area contributed by atoms with Gasteiger partial charge in [0, 0.05) is 6.42 Å². The normalized spacial score (nSPS) is 27.4. The van der Waals surface area contributed by atoms with E-state index < -0.39 is 11.4 Å². The number of carbonyl (C=O) groups is 1. The van der Waals surface area contributed by atoms with Crippen molar-refractivity contribution in [2.75, 3.05) is 0 Å². The molecule has 1 aromatic rings. The summed E-state index contributed by atoms with van der Waals surface area (Å²) >= 11 is 0. The number of hydrogen-bond acceptors (Lipinski definition) is 4. The highest BCUT2D eigenvalue weighted by Crippen LogP contribution is 2.42. The van der Waals surface area contributed by atoms with Gasteiger partial charge >= 0.3 is 5.97 Å². The van der Waals surface area contributed by atoms with Crippen molar-refractivity contribution in [1.29, 1.82) is 0 Å². The molecule has 0 unspecified atom stereocenters. The monoisotopic (exact) mass is 266 g/mol. The van der Waals surface area contributed by atoms with Crippen molar-refractivity contribution in [2.24, 2.45) is 18.4 Å². The van der Waals surface area contributed by atoms with Crippen molar-refractivity contribution >= 4 is 5.97 Å². The van der Waals surface area contributed by atoms with Gasteiger partial charge in [0.05, 0.1) is 12.5 Å². The second-order valence-corrected chi connectivity index (χ2v) is 5.69. The Bertz CT molecular complexity index is 436. The van der Waals surface area contributed by atoms with Gasteiger partial charge in [0.2, 0.25) is 0 Å². The zero-order valence-electron chi connectivity index (χ0n) is 11.7. The molecule has 1 aromatic heterocycles. The Kier molecular flexibility index (Phi) is 4.17. The van der Waals surface area contributed by atoms with E-state index in [2.05, 4.69) is 22.3 Å². The van der Waals surface area contributed by atoms with Gasteiger partial charge in [-0.1, -0.05) is 19.8 Å². The van der Waals surface area contributed by atoms with Gasteiger partial charge in [-0.15, -0.1) is 10.2 Å². The second kappa shape index (κ2) is 5.67. The molecule has 0 atom stereocenters. The molecule has 19 heavy (non-hydrogen) atoms. The maximum absolute atomic E-state index is 11.7. The maximum Gasteiger partial charge on any atom is 0.310 e. The quantitative estimate of drug-likeness (QED) is 0.879. The molecule has 1 fully saturated rings. The van der Waals surface area contributed by atoms with Crippen LogP contribution in [0.15, 0.2) is 0 Å². The summed E-state index contributed by atoms with van der Waals surface area (Å²) in [4.78, 5) is 13.1. The first kappa shape index (κ1) is 14.0. The van der Waals surface area contributed by atoms with Crippen LogP contribution in [0.5, 0.6) is 0 Å². The number of hydrogen-bond donors (Lipinski definition) is 1. The van der Waals surface area contributed by atoms with Crippen LogP contribution >= 0.6 is 0 Å².